The molecule has 0 amide bonds. The first-order chi connectivity index (χ1) is 10.3. The Morgan fingerprint density at radius 2 is 2.24 bits per heavy atom. The molecule has 1 aliphatic heterocycles. The Labute approximate surface area is 128 Å². The van der Waals surface area contributed by atoms with Crippen LogP contribution in [0.4, 0.5) is 5.69 Å². The quantitative estimate of drug-likeness (QED) is 0.911. The van der Waals surface area contributed by atoms with Gasteiger partial charge in [0.25, 0.3) is 0 Å². The average molecular weight is 303 g/mol. The van der Waals surface area contributed by atoms with Crippen LogP contribution in [0.15, 0.2) is 42.2 Å². The van der Waals surface area contributed by atoms with E-state index in [0.29, 0.717) is 18.2 Å². The third-order valence-corrected chi connectivity index (χ3v) is 3.57. The lowest BCUT2D eigenvalue weighted by Crippen LogP contribution is -2.15. The van der Waals surface area contributed by atoms with E-state index in [1.54, 1.807) is 18.5 Å². The summed E-state index contributed by atoms with van der Waals surface area (Å²) >= 11 is 6.00. The molecule has 1 aromatic carbocycles. The van der Waals surface area contributed by atoms with Crippen molar-refractivity contribution in [3.63, 3.8) is 0 Å². The molecule has 108 valence electrons. The molecule has 5 heteroatoms. The van der Waals surface area contributed by atoms with E-state index in [1.807, 2.05) is 18.2 Å². The molecule has 3 rings (SSSR count). The van der Waals surface area contributed by atoms with Crippen LogP contribution in [0.25, 0.3) is 6.08 Å². The van der Waals surface area contributed by atoms with Gasteiger partial charge in [-0.1, -0.05) is 11.6 Å². The third-order valence-electron chi connectivity index (χ3n) is 3.33. The predicted octanol–water partition coefficient (Wildman–Crippen LogP) is 3.12. The first-order valence-corrected chi connectivity index (χ1v) is 7.03. The fraction of sp³-hybridized carbons (Fsp3) is 0.188. The van der Waals surface area contributed by atoms with Crippen molar-refractivity contribution in [3.8, 4) is 5.75 Å². The van der Waals surface area contributed by atoms with Gasteiger partial charge in [0.1, 0.15) is 12.4 Å². The molecule has 0 unspecified atom stereocenters. The van der Waals surface area contributed by atoms with Crippen LogP contribution in [0, 0.1) is 0 Å². The summed E-state index contributed by atoms with van der Waals surface area (Å²) < 4.78 is 5.70. The molecule has 0 spiro atoms. The van der Waals surface area contributed by atoms with Crippen molar-refractivity contribution in [1.29, 1.82) is 0 Å². The lowest BCUT2D eigenvalue weighted by Gasteiger charge is -2.19. The van der Waals surface area contributed by atoms with Gasteiger partial charge < -0.3 is 15.2 Å². The number of nitrogens with one attached hydrogen (secondary N) is 1. The van der Waals surface area contributed by atoms with Gasteiger partial charge in [-0.3, -0.25) is 4.98 Å². The maximum atomic E-state index is 9.29. The summed E-state index contributed by atoms with van der Waals surface area (Å²) in [5.41, 5.74) is 3.75. The van der Waals surface area contributed by atoms with Gasteiger partial charge in [0.05, 0.1) is 18.5 Å². The number of nitrogens with zero attached hydrogens (tertiary/aromatic N) is 1. The average Bonchev–Trinajstić information content (AvgIpc) is 2.52. The highest BCUT2D eigenvalue weighted by atomic mass is 35.5. The first kappa shape index (κ1) is 13.9. The highest BCUT2D eigenvalue weighted by Crippen LogP contribution is 2.29. The van der Waals surface area contributed by atoms with Crippen LogP contribution in [-0.4, -0.2) is 23.2 Å². The van der Waals surface area contributed by atoms with Gasteiger partial charge in [0, 0.05) is 28.9 Å². The number of aromatic nitrogens is 1. The zero-order valence-electron chi connectivity index (χ0n) is 11.3. The monoisotopic (exact) mass is 302 g/mol. The van der Waals surface area contributed by atoms with Gasteiger partial charge >= 0.3 is 0 Å². The van der Waals surface area contributed by atoms with Crippen LogP contribution in [0.3, 0.4) is 0 Å². The summed E-state index contributed by atoms with van der Waals surface area (Å²) in [6.45, 7) is 1.15. The normalized spacial score (nSPS) is 13.1. The Morgan fingerprint density at radius 3 is 3.10 bits per heavy atom. The van der Waals surface area contributed by atoms with Crippen LogP contribution in [0.1, 0.15) is 11.1 Å². The van der Waals surface area contributed by atoms with Crippen LogP contribution in [-0.2, 0) is 6.61 Å². The van der Waals surface area contributed by atoms with Gasteiger partial charge in [-0.25, -0.2) is 0 Å². The Hall–Kier alpha value is -2.04. The second kappa shape index (κ2) is 6.16. The number of anilines is 1. The number of aliphatic hydroxyl groups excluding tert-OH is 1. The minimum Gasteiger partial charge on any atom is -0.489 e. The van der Waals surface area contributed by atoms with Crippen molar-refractivity contribution in [2.75, 3.05) is 18.5 Å². The molecule has 0 bridgehead atoms. The molecule has 0 saturated carbocycles. The highest BCUT2D eigenvalue weighted by molar-refractivity contribution is 6.30. The van der Waals surface area contributed by atoms with Crippen LogP contribution >= 0.6 is 11.6 Å². The van der Waals surface area contributed by atoms with E-state index >= 15 is 0 Å². The lowest BCUT2D eigenvalue weighted by molar-refractivity contribution is 0.282. The summed E-state index contributed by atoms with van der Waals surface area (Å²) in [7, 11) is 0. The van der Waals surface area contributed by atoms with Crippen molar-refractivity contribution in [1.82, 2.24) is 4.98 Å². The summed E-state index contributed by atoms with van der Waals surface area (Å²) in [5, 5.41) is 13.3. The Kier molecular flexibility index (Phi) is 4.08. The summed E-state index contributed by atoms with van der Waals surface area (Å²) in [6.07, 6.45) is 5.45. The number of halogens is 1. The number of benzene rings is 1. The zero-order chi connectivity index (χ0) is 14.7. The standard InChI is InChI=1S/C16H15ClN2O2/c17-14-1-2-16-13(6-14)5-11(10-21-16)7-19-15-8-18-4-3-12(15)9-20/h1-6,8,19-20H,7,9-10H2. The number of hydrogen-bond donors (Lipinski definition) is 2. The number of aliphatic hydroxyl groups is 1. The van der Waals surface area contributed by atoms with E-state index in [2.05, 4.69) is 16.4 Å². The molecule has 1 aliphatic rings. The number of ether oxygens (including phenoxy) is 1. The number of fused-ring (bicyclic) bond motifs is 1. The lowest BCUT2D eigenvalue weighted by atomic mass is 10.1. The molecular weight excluding hydrogens is 288 g/mol. The van der Waals surface area contributed by atoms with Gasteiger partial charge in [-0.15, -0.1) is 0 Å². The summed E-state index contributed by atoms with van der Waals surface area (Å²) in [4.78, 5) is 4.06. The van der Waals surface area contributed by atoms with Gasteiger partial charge in [0.15, 0.2) is 0 Å². The molecule has 0 fully saturated rings. The molecular formula is C16H15ClN2O2. The predicted molar refractivity (Wildman–Crippen MR) is 83.6 cm³/mol. The van der Waals surface area contributed by atoms with Crippen LogP contribution in [0.5, 0.6) is 5.75 Å². The first-order valence-electron chi connectivity index (χ1n) is 6.65. The Morgan fingerprint density at radius 1 is 1.33 bits per heavy atom. The maximum Gasteiger partial charge on any atom is 0.127 e. The minimum absolute atomic E-state index is 0.0150. The molecule has 2 heterocycles. The van der Waals surface area contributed by atoms with Crippen LogP contribution < -0.4 is 10.1 Å². The molecule has 0 aliphatic carbocycles. The molecule has 2 aromatic rings. The van der Waals surface area contributed by atoms with E-state index in [9.17, 15) is 5.11 Å². The van der Waals surface area contributed by atoms with Crippen molar-refractivity contribution in [2.24, 2.45) is 0 Å². The van der Waals surface area contributed by atoms with Gasteiger partial charge in [-0.2, -0.15) is 0 Å². The van der Waals surface area contributed by atoms with E-state index < -0.39 is 0 Å². The Bertz CT molecular complexity index is 686. The molecule has 1 aromatic heterocycles. The fourth-order valence-corrected chi connectivity index (χ4v) is 2.41. The second-order valence-electron chi connectivity index (χ2n) is 4.82. The number of pyridine rings is 1. The number of rotatable bonds is 4. The van der Waals surface area contributed by atoms with Crippen LogP contribution in [0.2, 0.25) is 5.02 Å². The topological polar surface area (TPSA) is 54.4 Å². The van der Waals surface area contributed by atoms with Gasteiger partial charge in [0.2, 0.25) is 0 Å². The summed E-state index contributed by atoms with van der Waals surface area (Å²) in [5.74, 6) is 0.848. The summed E-state index contributed by atoms with van der Waals surface area (Å²) in [6, 6.07) is 7.38. The van der Waals surface area contributed by atoms with E-state index in [1.165, 1.54) is 0 Å². The van der Waals surface area contributed by atoms with Crippen molar-refractivity contribution < 1.29 is 9.84 Å². The van der Waals surface area contributed by atoms with E-state index in [4.69, 9.17) is 16.3 Å². The SMILES string of the molecule is OCc1ccncc1NCC1=Cc2cc(Cl)ccc2OC1. The maximum absolute atomic E-state index is 9.29. The van der Waals surface area contributed by atoms with Crippen molar-refractivity contribution in [2.45, 2.75) is 6.61 Å². The van der Waals surface area contributed by atoms with Crippen molar-refractivity contribution in [3.05, 3.63) is 58.4 Å². The molecule has 0 atom stereocenters. The zero-order valence-corrected chi connectivity index (χ0v) is 12.1. The molecule has 0 saturated heterocycles. The molecule has 2 N–H and O–H groups in total. The minimum atomic E-state index is -0.0150. The van der Waals surface area contributed by atoms with Crippen molar-refractivity contribution >= 4 is 23.4 Å². The second-order valence-corrected chi connectivity index (χ2v) is 5.25. The van der Waals surface area contributed by atoms with E-state index in [0.717, 1.165) is 28.1 Å². The number of hydrogen-bond acceptors (Lipinski definition) is 4. The molecule has 21 heavy (non-hydrogen) atoms. The van der Waals surface area contributed by atoms with E-state index in [-0.39, 0.29) is 6.61 Å². The fourth-order valence-electron chi connectivity index (χ4n) is 2.23. The third kappa shape index (κ3) is 3.17. The molecule has 0 radical (unpaired) electrons. The largest absolute Gasteiger partial charge is 0.489 e. The molecule has 4 nitrogen and oxygen atoms in total. The Balaban J connectivity index is 1.74. The van der Waals surface area contributed by atoms with Gasteiger partial charge in [-0.05, 0) is 35.9 Å². The highest BCUT2D eigenvalue weighted by Gasteiger charge is 2.12. The smallest absolute Gasteiger partial charge is 0.127 e.